The highest BCUT2D eigenvalue weighted by atomic mass is 32.1. The summed E-state index contributed by atoms with van der Waals surface area (Å²) in [5.41, 5.74) is 2.41. The molecule has 9 heteroatoms. The minimum absolute atomic E-state index is 0.259. The summed E-state index contributed by atoms with van der Waals surface area (Å²) < 4.78 is 23.4. The molecule has 0 fully saturated rings. The lowest BCUT2D eigenvalue weighted by Crippen LogP contribution is -2.10. The van der Waals surface area contributed by atoms with E-state index in [4.69, 9.17) is 18.6 Å². The van der Waals surface area contributed by atoms with Crippen LogP contribution in [0.1, 0.15) is 21.9 Å². The Morgan fingerprint density at radius 3 is 2.50 bits per heavy atom. The Morgan fingerprint density at radius 2 is 1.76 bits per heavy atom. The molecule has 3 aromatic heterocycles. The molecule has 2 aromatic carbocycles. The van der Waals surface area contributed by atoms with Gasteiger partial charge in [0.15, 0.2) is 22.4 Å². The number of carbonyl (C=O) groups excluding carboxylic acids is 1. The van der Waals surface area contributed by atoms with Crippen LogP contribution in [-0.4, -0.2) is 30.1 Å². The minimum atomic E-state index is -0.334. The zero-order valence-electron chi connectivity index (χ0n) is 19.0. The number of nitrogens with one attached hydrogen (secondary N) is 1. The number of fused-ring (bicyclic) bond motifs is 2. The maximum Gasteiger partial charge on any atom is 0.293 e. The first kappa shape index (κ1) is 21.7. The average molecular weight is 476 g/mol. The van der Waals surface area contributed by atoms with E-state index in [-0.39, 0.29) is 11.7 Å². The fourth-order valence-electron chi connectivity index (χ4n) is 3.53. The van der Waals surface area contributed by atoms with E-state index in [0.29, 0.717) is 28.1 Å². The summed E-state index contributed by atoms with van der Waals surface area (Å²) in [6.45, 7) is 3.72. The van der Waals surface area contributed by atoms with Gasteiger partial charge in [-0.2, -0.15) is 0 Å². The summed E-state index contributed by atoms with van der Waals surface area (Å²) in [5.74, 6) is 3.10. The molecule has 0 atom stereocenters. The van der Waals surface area contributed by atoms with Gasteiger partial charge in [-0.25, -0.2) is 4.98 Å². The van der Waals surface area contributed by atoms with Gasteiger partial charge in [0.1, 0.15) is 17.3 Å². The summed E-state index contributed by atoms with van der Waals surface area (Å²) >= 11 is 1.36. The quantitative estimate of drug-likeness (QED) is 0.316. The van der Waals surface area contributed by atoms with Crippen LogP contribution in [0.2, 0.25) is 0 Å². The second-order valence-electron chi connectivity index (χ2n) is 7.59. The van der Waals surface area contributed by atoms with Gasteiger partial charge in [0.25, 0.3) is 5.91 Å². The van der Waals surface area contributed by atoms with Crippen LogP contribution < -0.4 is 19.5 Å². The molecule has 0 aliphatic rings. The molecule has 0 saturated heterocycles. The maximum absolute atomic E-state index is 12.5. The van der Waals surface area contributed by atoms with E-state index in [2.05, 4.69) is 15.3 Å². The van der Waals surface area contributed by atoms with Crippen LogP contribution in [0.4, 0.5) is 5.13 Å². The first-order valence-electron chi connectivity index (χ1n) is 10.4. The molecular weight excluding hydrogens is 454 g/mol. The summed E-state index contributed by atoms with van der Waals surface area (Å²) in [6, 6.07) is 12.7. The molecule has 0 aliphatic carbocycles. The first-order chi connectivity index (χ1) is 16.4. The number of carbonyl (C=O) groups is 1. The van der Waals surface area contributed by atoms with Gasteiger partial charge >= 0.3 is 0 Å². The number of furan rings is 1. The summed E-state index contributed by atoms with van der Waals surface area (Å²) in [7, 11) is 3.17. The molecule has 0 unspecified atom stereocenters. The van der Waals surface area contributed by atoms with Crippen LogP contribution >= 0.6 is 11.3 Å². The van der Waals surface area contributed by atoms with Gasteiger partial charge < -0.3 is 18.6 Å². The summed E-state index contributed by atoms with van der Waals surface area (Å²) in [6.07, 6.45) is 1.68. The van der Waals surface area contributed by atoms with E-state index in [1.165, 1.54) is 11.3 Å². The highest BCUT2D eigenvalue weighted by Gasteiger charge is 2.16. The smallest absolute Gasteiger partial charge is 0.293 e. The fraction of sp³-hybridized carbons (Fsp3) is 0.160. The van der Waals surface area contributed by atoms with E-state index in [9.17, 15) is 4.79 Å². The normalized spacial score (nSPS) is 11.1. The highest BCUT2D eigenvalue weighted by Crippen LogP contribution is 2.38. The zero-order valence-corrected chi connectivity index (χ0v) is 19.8. The second-order valence-corrected chi connectivity index (χ2v) is 8.62. The van der Waals surface area contributed by atoms with E-state index < -0.39 is 0 Å². The van der Waals surface area contributed by atoms with Crippen LogP contribution in [0.15, 0.2) is 53.1 Å². The van der Waals surface area contributed by atoms with Crippen molar-refractivity contribution in [3.05, 3.63) is 65.7 Å². The molecule has 172 valence electrons. The van der Waals surface area contributed by atoms with Gasteiger partial charge in [0.05, 0.1) is 30.0 Å². The third-order valence-electron chi connectivity index (χ3n) is 5.40. The molecule has 0 saturated carbocycles. The number of benzene rings is 2. The predicted octanol–water partition coefficient (Wildman–Crippen LogP) is 6.12. The number of rotatable bonds is 6. The van der Waals surface area contributed by atoms with Crippen molar-refractivity contribution in [2.45, 2.75) is 13.8 Å². The van der Waals surface area contributed by atoms with Crippen LogP contribution in [0.5, 0.6) is 23.0 Å². The van der Waals surface area contributed by atoms with Crippen molar-refractivity contribution >= 4 is 43.5 Å². The molecule has 0 aliphatic heterocycles. The van der Waals surface area contributed by atoms with E-state index >= 15 is 0 Å². The van der Waals surface area contributed by atoms with E-state index in [1.54, 1.807) is 32.5 Å². The van der Waals surface area contributed by atoms with Crippen molar-refractivity contribution < 1.29 is 23.4 Å². The average Bonchev–Trinajstić information content (AvgIpc) is 3.39. The Morgan fingerprint density at radius 1 is 0.971 bits per heavy atom. The lowest BCUT2D eigenvalue weighted by molar-refractivity contribution is 0.0995. The predicted molar refractivity (Wildman–Crippen MR) is 131 cm³/mol. The van der Waals surface area contributed by atoms with Crippen molar-refractivity contribution in [3.63, 3.8) is 0 Å². The third kappa shape index (κ3) is 4.01. The number of hydrogen-bond acceptors (Lipinski definition) is 8. The van der Waals surface area contributed by atoms with Crippen molar-refractivity contribution in [1.82, 2.24) is 9.97 Å². The van der Waals surface area contributed by atoms with Gasteiger partial charge in [-0.3, -0.25) is 15.1 Å². The van der Waals surface area contributed by atoms with E-state index in [1.807, 2.05) is 44.2 Å². The SMILES string of the molecule is COc1cc2nccc(Oc3ccc4nc(NC(=O)c5cc(C)c(C)o5)sc4c3)c2cc1OC. The van der Waals surface area contributed by atoms with Crippen molar-refractivity contribution in [2.75, 3.05) is 19.5 Å². The number of thiazole rings is 1. The Hall–Kier alpha value is -4.11. The Kier molecular flexibility index (Phi) is 5.54. The number of anilines is 1. The number of aromatic nitrogens is 2. The number of amides is 1. The number of ether oxygens (including phenoxy) is 3. The van der Waals surface area contributed by atoms with Gasteiger partial charge in [-0.1, -0.05) is 11.3 Å². The molecule has 3 heterocycles. The molecule has 0 radical (unpaired) electrons. The number of nitrogens with zero attached hydrogens (tertiary/aromatic N) is 2. The minimum Gasteiger partial charge on any atom is -0.493 e. The maximum atomic E-state index is 12.5. The molecule has 0 bridgehead atoms. The molecule has 1 N–H and O–H groups in total. The fourth-order valence-corrected chi connectivity index (χ4v) is 4.42. The van der Waals surface area contributed by atoms with Crippen LogP contribution in [0.3, 0.4) is 0 Å². The van der Waals surface area contributed by atoms with Crippen LogP contribution in [0, 0.1) is 13.8 Å². The number of aryl methyl sites for hydroxylation is 2. The lowest BCUT2D eigenvalue weighted by atomic mass is 10.2. The Bertz CT molecular complexity index is 1520. The Balaban J connectivity index is 1.42. The van der Waals surface area contributed by atoms with Gasteiger partial charge in [0.2, 0.25) is 0 Å². The second kappa shape index (κ2) is 8.68. The number of hydrogen-bond donors (Lipinski definition) is 1. The Labute approximate surface area is 199 Å². The highest BCUT2D eigenvalue weighted by molar-refractivity contribution is 7.22. The zero-order chi connectivity index (χ0) is 23.8. The van der Waals surface area contributed by atoms with Crippen LogP contribution in [0.25, 0.3) is 21.1 Å². The van der Waals surface area contributed by atoms with Crippen molar-refractivity contribution in [2.24, 2.45) is 0 Å². The molecule has 1 amide bonds. The summed E-state index contributed by atoms with van der Waals surface area (Å²) in [4.78, 5) is 21.4. The molecule has 5 aromatic rings. The molecule has 0 spiro atoms. The topological polar surface area (TPSA) is 95.7 Å². The molecule has 5 rings (SSSR count). The van der Waals surface area contributed by atoms with E-state index in [0.717, 1.165) is 32.4 Å². The monoisotopic (exact) mass is 475 g/mol. The van der Waals surface area contributed by atoms with Gasteiger partial charge in [0, 0.05) is 23.7 Å². The largest absolute Gasteiger partial charge is 0.493 e. The number of pyridine rings is 1. The first-order valence-corrected chi connectivity index (χ1v) is 11.2. The lowest BCUT2D eigenvalue weighted by Gasteiger charge is -2.12. The van der Waals surface area contributed by atoms with Crippen molar-refractivity contribution in [1.29, 1.82) is 0 Å². The third-order valence-corrected chi connectivity index (χ3v) is 6.34. The molecular formula is C25H21N3O5S. The van der Waals surface area contributed by atoms with Gasteiger partial charge in [-0.15, -0.1) is 0 Å². The van der Waals surface area contributed by atoms with Gasteiger partial charge in [-0.05, 0) is 49.7 Å². The van der Waals surface area contributed by atoms with Crippen LogP contribution in [-0.2, 0) is 0 Å². The number of methoxy groups -OCH3 is 2. The van der Waals surface area contributed by atoms with Crippen molar-refractivity contribution in [3.8, 4) is 23.0 Å². The molecule has 8 nitrogen and oxygen atoms in total. The summed E-state index contributed by atoms with van der Waals surface area (Å²) in [5, 5.41) is 4.08. The standard InChI is InChI=1S/C25H21N3O5S/c1-13-9-22(32-14(13)2)24(29)28-25-27-17-6-5-15(10-23(17)34-25)33-19-7-8-26-18-12-21(31-4)20(30-3)11-16(18)19/h5-12H,1-4H3,(H,27,28,29). The molecule has 34 heavy (non-hydrogen) atoms.